The third-order valence-corrected chi connectivity index (χ3v) is 2.30. The van der Waals surface area contributed by atoms with E-state index in [-0.39, 0.29) is 0 Å². The van der Waals surface area contributed by atoms with Crippen molar-refractivity contribution in [3.05, 3.63) is 23.8 Å². The lowest BCUT2D eigenvalue weighted by molar-refractivity contribution is 0.324. The molecule has 0 heterocycles. The van der Waals surface area contributed by atoms with Crippen molar-refractivity contribution >= 4 is 17.7 Å². The summed E-state index contributed by atoms with van der Waals surface area (Å²) < 4.78 is 15.8. The molecule has 4 heteroatoms. The number of rotatable bonds is 5. The van der Waals surface area contributed by atoms with Crippen LogP contribution in [-0.2, 0) is 0 Å². The first kappa shape index (κ1) is 12.7. The minimum absolute atomic E-state index is 0.456. The Morgan fingerprint density at radius 2 is 1.75 bits per heavy atom. The number of halogens is 1. The molecule has 0 amide bonds. The Morgan fingerprint density at radius 3 is 2.25 bits per heavy atom. The summed E-state index contributed by atoms with van der Waals surface area (Å²) in [5.41, 5.74) is 0.904. The maximum Gasteiger partial charge on any atom is 0.203 e. The van der Waals surface area contributed by atoms with E-state index < -0.39 is 0 Å². The lowest BCUT2D eigenvalue weighted by Crippen LogP contribution is -1.96. The first-order valence-corrected chi connectivity index (χ1v) is 5.33. The summed E-state index contributed by atoms with van der Waals surface area (Å²) in [5, 5.41) is 0. The summed E-state index contributed by atoms with van der Waals surface area (Å²) in [6, 6.07) is 3.72. The predicted molar refractivity (Wildman–Crippen MR) is 65.9 cm³/mol. The van der Waals surface area contributed by atoms with E-state index in [1.807, 2.05) is 24.3 Å². The van der Waals surface area contributed by atoms with Gasteiger partial charge in [-0.15, -0.1) is 11.6 Å². The van der Waals surface area contributed by atoms with Crippen LogP contribution >= 0.6 is 11.6 Å². The summed E-state index contributed by atoms with van der Waals surface area (Å²) in [7, 11) is 4.76. The maximum atomic E-state index is 5.60. The Bertz CT molecular complexity index is 375. The van der Waals surface area contributed by atoms with Crippen LogP contribution in [0.1, 0.15) is 5.56 Å². The molecule has 1 aromatic rings. The highest BCUT2D eigenvalue weighted by Crippen LogP contribution is 2.40. The Balaban J connectivity index is 3.25. The molecule has 0 saturated carbocycles. The summed E-state index contributed by atoms with van der Waals surface area (Å²) >= 11 is 5.60. The molecule has 3 nitrogen and oxygen atoms in total. The van der Waals surface area contributed by atoms with Gasteiger partial charge in [-0.05, 0) is 12.1 Å². The van der Waals surface area contributed by atoms with Crippen LogP contribution in [0.25, 0.3) is 6.08 Å². The molecule has 0 N–H and O–H groups in total. The van der Waals surface area contributed by atoms with Crippen molar-refractivity contribution in [2.75, 3.05) is 27.2 Å². The fourth-order valence-electron chi connectivity index (χ4n) is 1.43. The van der Waals surface area contributed by atoms with Gasteiger partial charge in [-0.25, -0.2) is 0 Å². The van der Waals surface area contributed by atoms with E-state index in [0.717, 1.165) is 5.56 Å². The summed E-state index contributed by atoms with van der Waals surface area (Å²) in [6.07, 6.45) is 3.72. The number of hydrogen-bond donors (Lipinski definition) is 0. The van der Waals surface area contributed by atoms with E-state index >= 15 is 0 Å². The molecule has 0 aliphatic carbocycles. The van der Waals surface area contributed by atoms with Crippen molar-refractivity contribution in [2.45, 2.75) is 0 Å². The van der Waals surface area contributed by atoms with Gasteiger partial charge in [0.15, 0.2) is 11.5 Å². The molecular formula is C12H15ClO3. The molecule has 0 unspecified atom stereocenters. The van der Waals surface area contributed by atoms with Gasteiger partial charge < -0.3 is 14.2 Å². The zero-order valence-electron chi connectivity index (χ0n) is 9.62. The van der Waals surface area contributed by atoms with Gasteiger partial charge in [-0.1, -0.05) is 12.2 Å². The standard InChI is InChI=1S/C12H15ClO3/c1-14-10-7-6-9(5-4-8-13)11(15-2)12(10)16-3/h4-7H,8H2,1-3H3. The van der Waals surface area contributed by atoms with Crippen molar-refractivity contribution in [2.24, 2.45) is 0 Å². The van der Waals surface area contributed by atoms with Crippen LogP contribution in [0.4, 0.5) is 0 Å². The second-order valence-electron chi connectivity index (χ2n) is 2.98. The van der Waals surface area contributed by atoms with Crippen LogP contribution in [-0.4, -0.2) is 27.2 Å². The van der Waals surface area contributed by atoms with Gasteiger partial charge in [0.1, 0.15) is 0 Å². The van der Waals surface area contributed by atoms with Gasteiger partial charge in [0.25, 0.3) is 0 Å². The van der Waals surface area contributed by atoms with E-state index in [2.05, 4.69) is 0 Å². The minimum atomic E-state index is 0.456. The average molecular weight is 243 g/mol. The van der Waals surface area contributed by atoms with Gasteiger partial charge in [-0.2, -0.15) is 0 Å². The molecule has 1 rings (SSSR count). The number of allylic oxidation sites excluding steroid dienone is 1. The number of hydrogen-bond acceptors (Lipinski definition) is 3. The third-order valence-electron chi connectivity index (χ3n) is 2.12. The summed E-state index contributed by atoms with van der Waals surface area (Å²) in [4.78, 5) is 0. The minimum Gasteiger partial charge on any atom is -0.493 e. The molecule has 1 aromatic carbocycles. The highest BCUT2D eigenvalue weighted by Gasteiger charge is 2.13. The molecule has 0 aromatic heterocycles. The third kappa shape index (κ3) is 2.61. The van der Waals surface area contributed by atoms with Gasteiger partial charge in [0, 0.05) is 11.4 Å². The monoisotopic (exact) mass is 242 g/mol. The van der Waals surface area contributed by atoms with Crippen LogP contribution in [0.15, 0.2) is 18.2 Å². The van der Waals surface area contributed by atoms with E-state index in [4.69, 9.17) is 25.8 Å². The molecule has 0 aliphatic heterocycles. The van der Waals surface area contributed by atoms with Crippen molar-refractivity contribution in [1.29, 1.82) is 0 Å². The zero-order valence-corrected chi connectivity index (χ0v) is 10.4. The van der Waals surface area contributed by atoms with E-state index in [0.29, 0.717) is 23.1 Å². The lowest BCUT2D eigenvalue weighted by atomic mass is 10.1. The van der Waals surface area contributed by atoms with Crippen molar-refractivity contribution in [3.8, 4) is 17.2 Å². The van der Waals surface area contributed by atoms with Crippen LogP contribution in [0.3, 0.4) is 0 Å². The van der Waals surface area contributed by atoms with Gasteiger partial charge in [-0.3, -0.25) is 0 Å². The van der Waals surface area contributed by atoms with Crippen molar-refractivity contribution < 1.29 is 14.2 Å². The highest BCUT2D eigenvalue weighted by molar-refractivity contribution is 6.19. The molecule has 0 atom stereocenters. The summed E-state index contributed by atoms with van der Waals surface area (Å²) in [6.45, 7) is 0. The van der Waals surface area contributed by atoms with Gasteiger partial charge in [0.05, 0.1) is 21.3 Å². The molecule has 0 spiro atoms. The van der Waals surface area contributed by atoms with Crippen molar-refractivity contribution in [3.63, 3.8) is 0 Å². The molecule has 0 bridgehead atoms. The predicted octanol–water partition coefficient (Wildman–Crippen LogP) is 2.96. The number of benzene rings is 1. The topological polar surface area (TPSA) is 27.7 Å². The highest BCUT2D eigenvalue weighted by atomic mass is 35.5. The second-order valence-corrected chi connectivity index (χ2v) is 3.29. The first-order chi connectivity index (χ1) is 7.78. The molecule has 0 radical (unpaired) electrons. The van der Waals surface area contributed by atoms with Gasteiger partial charge >= 0.3 is 0 Å². The van der Waals surface area contributed by atoms with Crippen LogP contribution in [0, 0.1) is 0 Å². The second kappa shape index (κ2) is 6.28. The fourth-order valence-corrected chi connectivity index (χ4v) is 1.52. The SMILES string of the molecule is COc1ccc(C=CCCl)c(OC)c1OC. The molecule has 16 heavy (non-hydrogen) atoms. The fraction of sp³-hybridized carbons (Fsp3) is 0.333. The quantitative estimate of drug-likeness (QED) is 0.743. The Hall–Kier alpha value is -1.35. The summed E-state index contributed by atoms with van der Waals surface area (Å²) in [5.74, 6) is 2.32. The van der Waals surface area contributed by atoms with Crippen LogP contribution in [0.2, 0.25) is 0 Å². The molecule has 0 fully saturated rings. The first-order valence-electron chi connectivity index (χ1n) is 4.80. The number of alkyl halides is 1. The lowest BCUT2D eigenvalue weighted by Gasteiger charge is -2.13. The van der Waals surface area contributed by atoms with Crippen LogP contribution < -0.4 is 14.2 Å². The Labute approximate surface area is 101 Å². The molecule has 0 aliphatic rings. The van der Waals surface area contributed by atoms with Crippen LogP contribution in [0.5, 0.6) is 17.2 Å². The largest absolute Gasteiger partial charge is 0.493 e. The molecule has 0 saturated heterocycles. The van der Waals surface area contributed by atoms with E-state index in [9.17, 15) is 0 Å². The smallest absolute Gasteiger partial charge is 0.203 e. The number of methoxy groups -OCH3 is 3. The average Bonchev–Trinajstić information content (AvgIpc) is 2.34. The Morgan fingerprint density at radius 1 is 1.06 bits per heavy atom. The molecular weight excluding hydrogens is 228 g/mol. The molecule has 88 valence electrons. The maximum absolute atomic E-state index is 5.60. The normalized spacial score (nSPS) is 10.5. The van der Waals surface area contributed by atoms with Gasteiger partial charge in [0.2, 0.25) is 5.75 Å². The number of ether oxygens (including phenoxy) is 3. The van der Waals surface area contributed by atoms with Crippen molar-refractivity contribution in [1.82, 2.24) is 0 Å². The van der Waals surface area contributed by atoms with E-state index in [1.54, 1.807) is 21.3 Å². The van der Waals surface area contributed by atoms with E-state index in [1.165, 1.54) is 0 Å². The Kier molecular flexibility index (Phi) is 4.99. The zero-order chi connectivity index (χ0) is 12.0.